The molecule has 2 aliphatic carbocycles. The summed E-state index contributed by atoms with van der Waals surface area (Å²) in [5, 5.41) is 0. The molecule has 17 heavy (non-hydrogen) atoms. The van der Waals surface area contributed by atoms with Gasteiger partial charge in [0.15, 0.2) is 0 Å². The summed E-state index contributed by atoms with van der Waals surface area (Å²) in [6.07, 6.45) is 17.1. The SMILES string of the molecule is CP(CCP(C)C1CCCC1)C1CCCCC1. The van der Waals surface area contributed by atoms with Crippen molar-refractivity contribution in [2.24, 2.45) is 0 Å². The first-order chi connectivity index (χ1) is 8.27. The van der Waals surface area contributed by atoms with Crippen LogP contribution in [0.25, 0.3) is 0 Å². The van der Waals surface area contributed by atoms with E-state index in [0.29, 0.717) is 15.8 Å². The van der Waals surface area contributed by atoms with Crippen LogP contribution >= 0.6 is 15.8 Å². The Morgan fingerprint density at radius 1 is 0.647 bits per heavy atom. The lowest BCUT2D eigenvalue weighted by Gasteiger charge is -2.30. The third-order valence-electron chi connectivity index (χ3n) is 4.95. The minimum absolute atomic E-state index is 0.371. The van der Waals surface area contributed by atoms with Gasteiger partial charge in [-0.15, -0.1) is 15.8 Å². The normalized spacial score (nSPS) is 27.2. The Morgan fingerprint density at radius 2 is 1.00 bits per heavy atom. The van der Waals surface area contributed by atoms with Crippen molar-refractivity contribution in [3.8, 4) is 0 Å². The van der Waals surface area contributed by atoms with Gasteiger partial charge in [0.25, 0.3) is 0 Å². The van der Waals surface area contributed by atoms with E-state index in [1.165, 1.54) is 32.1 Å². The summed E-state index contributed by atoms with van der Waals surface area (Å²) in [6, 6.07) is 0. The second-order valence-corrected chi connectivity index (χ2v) is 11.6. The molecule has 2 atom stereocenters. The predicted octanol–water partition coefficient (Wildman–Crippen LogP) is 5.49. The van der Waals surface area contributed by atoms with Crippen LogP contribution in [0, 0.1) is 0 Å². The van der Waals surface area contributed by atoms with Gasteiger partial charge in [0.05, 0.1) is 0 Å². The van der Waals surface area contributed by atoms with E-state index in [-0.39, 0.29) is 0 Å². The fourth-order valence-corrected chi connectivity index (χ4v) is 9.29. The third-order valence-corrected chi connectivity index (χ3v) is 10.7. The van der Waals surface area contributed by atoms with E-state index in [4.69, 9.17) is 0 Å². The Kier molecular flexibility index (Phi) is 6.25. The van der Waals surface area contributed by atoms with E-state index in [1.54, 1.807) is 38.0 Å². The van der Waals surface area contributed by atoms with Crippen LogP contribution in [0.1, 0.15) is 57.8 Å². The number of rotatable bonds is 5. The van der Waals surface area contributed by atoms with Gasteiger partial charge in [-0.2, -0.15) is 0 Å². The van der Waals surface area contributed by atoms with Crippen LogP contribution in [-0.2, 0) is 0 Å². The zero-order chi connectivity index (χ0) is 12.1. The summed E-state index contributed by atoms with van der Waals surface area (Å²) >= 11 is 0. The zero-order valence-corrected chi connectivity index (χ0v) is 13.6. The molecule has 0 aromatic heterocycles. The smallest absolute Gasteiger partial charge is 0.0212 e. The number of hydrogen-bond acceptors (Lipinski definition) is 0. The molecule has 0 N–H and O–H groups in total. The minimum atomic E-state index is 0.371. The summed E-state index contributed by atoms with van der Waals surface area (Å²) in [7, 11) is 0.752. The van der Waals surface area contributed by atoms with Crippen molar-refractivity contribution in [1.82, 2.24) is 0 Å². The van der Waals surface area contributed by atoms with Crippen LogP contribution in [0.15, 0.2) is 0 Å². The number of hydrogen-bond donors (Lipinski definition) is 0. The van der Waals surface area contributed by atoms with Crippen molar-refractivity contribution in [1.29, 1.82) is 0 Å². The topological polar surface area (TPSA) is 0 Å². The molecule has 0 nitrogen and oxygen atoms in total. The van der Waals surface area contributed by atoms with E-state index in [0.717, 1.165) is 11.3 Å². The molecule has 0 saturated heterocycles. The molecule has 100 valence electrons. The molecule has 0 heterocycles. The van der Waals surface area contributed by atoms with Crippen molar-refractivity contribution in [3.05, 3.63) is 0 Å². The second-order valence-electron chi connectivity index (χ2n) is 6.19. The lowest BCUT2D eigenvalue weighted by molar-refractivity contribution is 0.511. The van der Waals surface area contributed by atoms with E-state index >= 15 is 0 Å². The molecule has 0 aliphatic heterocycles. The van der Waals surface area contributed by atoms with Crippen LogP contribution in [0.4, 0.5) is 0 Å². The molecule has 0 radical (unpaired) electrons. The molecule has 0 aromatic carbocycles. The maximum absolute atomic E-state index is 2.60. The fourth-order valence-electron chi connectivity index (χ4n) is 3.55. The van der Waals surface area contributed by atoms with E-state index < -0.39 is 0 Å². The largest absolute Gasteiger partial charge is 0.106 e. The van der Waals surface area contributed by atoms with Crippen molar-refractivity contribution >= 4 is 15.8 Å². The molecule has 0 bridgehead atoms. The van der Waals surface area contributed by atoms with Gasteiger partial charge in [-0.05, 0) is 62.7 Å². The fraction of sp³-hybridized carbons (Fsp3) is 1.00. The molecule has 2 aliphatic rings. The molecule has 0 spiro atoms. The standard InChI is InChI=1S/C15H30P2/c1-16(14-8-4-3-5-9-14)12-13-17(2)15-10-6-7-11-15/h14-15H,3-13H2,1-2H3. The van der Waals surface area contributed by atoms with Crippen LogP contribution in [0.3, 0.4) is 0 Å². The maximum atomic E-state index is 2.60. The van der Waals surface area contributed by atoms with E-state index in [2.05, 4.69) is 13.3 Å². The highest BCUT2D eigenvalue weighted by atomic mass is 31.1. The Labute approximate surface area is 111 Å². The van der Waals surface area contributed by atoms with Crippen LogP contribution < -0.4 is 0 Å². The van der Waals surface area contributed by atoms with Gasteiger partial charge < -0.3 is 0 Å². The molecule has 0 aromatic rings. The highest BCUT2D eigenvalue weighted by Gasteiger charge is 2.23. The van der Waals surface area contributed by atoms with Crippen LogP contribution in [0.2, 0.25) is 0 Å². The summed E-state index contributed by atoms with van der Waals surface area (Å²) in [5.41, 5.74) is 2.30. The molecule has 0 amide bonds. The zero-order valence-electron chi connectivity index (χ0n) is 11.8. The average Bonchev–Trinajstić information content (AvgIpc) is 2.90. The molecule has 2 heteroatoms. The second kappa shape index (κ2) is 7.45. The first kappa shape index (κ1) is 14.3. The van der Waals surface area contributed by atoms with Gasteiger partial charge in [-0.3, -0.25) is 0 Å². The predicted molar refractivity (Wildman–Crippen MR) is 84.6 cm³/mol. The lowest BCUT2D eigenvalue weighted by Crippen LogP contribution is -2.13. The Hall–Kier alpha value is 0.860. The van der Waals surface area contributed by atoms with E-state index in [9.17, 15) is 0 Å². The summed E-state index contributed by atoms with van der Waals surface area (Å²) in [6.45, 7) is 5.19. The molecule has 2 rings (SSSR count). The highest BCUT2D eigenvalue weighted by Crippen LogP contribution is 2.51. The lowest BCUT2D eigenvalue weighted by atomic mass is 10.0. The minimum Gasteiger partial charge on any atom is -0.106 e. The molecular weight excluding hydrogens is 242 g/mol. The van der Waals surface area contributed by atoms with Crippen molar-refractivity contribution in [3.63, 3.8) is 0 Å². The van der Waals surface area contributed by atoms with Crippen molar-refractivity contribution in [2.45, 2.75) is 69.1 Å². The van der Waals surface area contributed by atoms with Gasteiger partial charge in [0.2, 0.25) is 0 Å². The first-order valence-corrected chi connectivity index (χ1v) is 11.8. The monoisotopic (exact) mass is 272 g/mol. The van der Waals surface area contributed by atoms with Gasteiger partial charge in [0.1, 0.15) is 0 Å². The maximum Gasteiger partial charge on any atom is -0.0212 e. The molecule has 2 unspecified atom stereocenters. The van der Waals surface area contributed by atoms with Gasteiger partial charge >= 0.3 is 0 Å². The Balaban J connectivity index is 1.65. The molecular formula is C15H30P2. The van der Waals surface area contributed by atoms with Crippen LogP contribution in [-0.4, -0.2) is 37.0 Å². The molecule has 2 fully saturated rings. The summed E-state index contributed by atoms with van der Waals surface area (Å²) < 4.78 is 0. The van der Waals surface area contributed by atoms with E-state index in [1.807, 2.05) is 0 Å². The van der Waals surface area contributed by atoms with Gasteiger partial charge in [-0.25, -0.2) is 0 Å². The van der Waals surface area contributed by atoms with Crippen molar-refractivity contribution < 1.29 is 0 Å². The summed E-state index contributed by atoms with van der Waals surface area (Å²) in [5.74, 6) is 0. The quantitative estimate of drug-likeness (QED) is 0.581. The van der Waals surface area contributed by atoms with Crippen molar-refractivity contribution in [2.75, 3.05) is 25.7 Å². The Morgan fingerprint density at radius 3 is 1.41 bits per heavy atom. The van der Waals surface area contributed by atoms with Gasteiger partial charge in [-0.1, -0.05) is 32.1 Å². The highest BCUT2D eigenvalue weighted by molar-refractivity contribution is 7.61. The third kappa shape index (κ3) is 4.47. The average molecular weight is 272 g/mol. The molecule has 2 saturated carbocycles. The van der Waals surface area contributed by atoms with Crippen LogP contribution in [0.5, 0.6) is 0 Å². The Bertz CT molecular complexity index is 205. The summed E-state index contributed by atoms with van der Waals surface area (Å²) in [4.78, 5) is 0. The van der Waals surface area contributed by atoms with Gasteiger partial charge in [0, 0.05) is 0 Å². The first-order valence-electron chi connectivity index (χ1n) is 7.68.